The lowest BCUT2D eigenvalue weighted by Crippen LogP contribution is -1.91. The Morgan fingerprint density at radius 1 is 0.700 bits per heavy atom. The van der Waals surface area contributed by atoms with Gasteiger partial charge in [-0.25, -0.2) is 0 Å². The fraction of sp³-hybridized carbons (Fsp3) is 0. The van der Waals surface area contributed by atoms with Gasteiger partial charge in [-0.15, -0.1) is 0 Å². The summed E-state index contributed by atoms with van der Waals surface area (Å²) in [6.07, 6.45) is 0. The fourth-order valence-corrected chi connectivity index (χ4v) is 3.38. The molecule has 0 saturated heterocycles. The molecular formula is C12H6Cl5O2P. The van der Waals surface area contributed by atoms with Crippen molar-refractivity contribution in [2.75, 3.05) is 0 Å². The summed E-state index contributed by atoms with van der Waals surface area (Å²) < 4.78 is 10.8. The molecule has 0 N–H and O–H groups in total. The van der Waals surface area contributed by atoms with Gasteiger partial charge < -0.3 is 9.05 Å². The standard InChI is InChI=1S/C12H6Cl5O2P/c13-7-1-3-11(9(15)5-7)18-20(17)19-12-4-2-8(14)6-10(12)16/h1-6H. The van der Waals surface area contributed by atoms with Crippen molar-refractivity contribution in [1.29, 1.82) is 0 Å². The molecule has 0 aromatic heterocycles. The summed E-state index contributed by atoms with van der Waals surface area (Å²) >= 11 is 29.5. The molecule has 2 rings (SSSR count). The van der Waals surface area contributed by atoms with Crippen LogP contribution >= 0.6 is 65.4 Å². The number of hydrogen-bond donors (Lipinski definition) is 0. The number of halogens is 5. The molecule has 8 heteroatoms. The van der Waals surface area contributed by atoms with Crippen LogP contribution in [0.15, 0.2) is 36.4 Å². The molecule has 2 aromatic rings. The number of hydrogen-bond acceptors (Lipinski definition) is 2. The molecule has 0 amide bonds. The maximum Gasteiger partial charge on any atom is 0.401 e. The van der Waals surface area contributed by atoms with E-state index in [1.165, 1.54) is 0 Å². The number of rotatable bonds is 4. The Hall–Kier alpha value is -0.0800. The zero-order chi connectivity index (χ0) is 14.7. The lowest BCUT2D eigenvalue weighted by Gasteiger charge is -2.14. The van der Waals surface area contributed by atoms with Crippen LogP contribution in [0.4, 0.5) is 0 Å². The van der Waals surface area contributed by atoms with Crippen molar-refractivity contribution in [3.63, 3.8) is 0 Å². The van der Waals surface area contributed by atoms with Crippen LogP contribution in [0.3, 0.4) is 0 Å². The van der Waals surface area contributed by atoms with E-state index >= 15 is 0 Å². The molecule has 0 saturated carbocycles. The molecule has 0 aliphatic heterocycles. The molecule has 0 aliphatic rings. The van der Waals surface area contributed by atoms with Crippen LogP contribution < -0.4 is 9.05 Å². The highest BCUT2D eigenvalue weighted by Crippen LogP contribution is 2.48. The zero-order valence-corrected chi connectivity index (χ0v) is 14.3. The zero-order valence-electron chi connectivity index (χ0n) is 9.62. The topological polar surface area (TPSA) is 18.5 Å². The normalized spacial score (nSPS) is 10.7. The molecule has 0 radical (unpaired) electrons. The van der Waals surface area contributed by atoms with Gasteiger partial charge in [-0.2, -0.15) is 0 Å². The lowest BCUT2D eigenvalue weighted by atomic mass is 10.3. The van der Waals surface area contributed by atoms with Crippen molar-refractivity contribution in [2.24, 2.45) is 0 Å². The molecule has 2 aromatic carbocycles. The van der Waals surface area contributed by atoms with E-state index in [0.29, 0.717) is 31.6 Å². The average Bonchev–Trinajstić information content (AvgIpc) is 2.36. The minimum atomic E-state index is -1.77. The third-order valence-corrected chi connectivity index (χ3v) is 4.28. The molecule has 0 aliphatic carbocycles. The van der Waals surface area contributed by atoms with E-state index in [2.05, 4.69) is 0 Å². The van der Waals surface area contributed by atoms with Gasteiger partial charge in [0.05, 0.1) is 10.0 Å². The van der Waals surface area contributed by atoms with E-state index in [4.69, 9.17) is 66.7 Å². The van der Waals surface area contributed by atoms with E-state index < -0.39 is 7.73 Å². The minimum absolute atomic E-state index is 0.344. The Balaban J connectivity index is 2.07. The molecule has 0 atom stereocenters. The summed E-state index contributed by atoms with van der Waals surface area (Å²) in [7, 11) is -1.77. The third kappa shape index (κ3) is 4.46. The van der Waals surface area contributed by atoms with E-state index in [-0.39, 0.29) is 0 Å². The summed E-state index contributed by atoms with van der Waals surface area (Å²) in [5.41, 5.74) is 0. The minimum Gasteiger partial charge on any atom is -0.426 e. The van der Waals surface area contributed by atoms with Crippen molar-refractivity contribution in [3.8, 4) is 11.5 Å². The van der Waals surface area contributed by atoms with Gasteiger partial charge in [0, 0.05) is 10.0 Å². The van der Waals surface area contributed by atoms with Gasteiger partial charge in [-0.05, 0) is 47.6 Å². The highest BCUT2D eigenvalue weighted by Gasteiger charge is 2.15. The molecule has 106 valence electrons. The molecule has 20 heavy (non-hydrogen) atoms. The predicted octanol–water partition coefficient (Wildman–Crippen LogP) is 7.22. The van der Waals surface area contributed by atoms with Gasteiger partial charge in [0.15, 0.2) is 0 Å². The second kappa shape index (κ2) is 7.26. The Morgan fingerprint density at radius 3 is 1.45 bits per heavy atom. The maximum absolute atomic E-state index is 6.01. The van der Waals surface area contributed by atoms with E-state index in [1.54, 1.807) is 36.4 Å². The smallest absolute Gasteiger partial charge is 0.401 e. The monoisotopic (exact) mass is 388 g/mol. The van der Waals surface area contributed by atoms with E-state index in [1.807, 2.05) is 0 Å². The Morgan fingerprint density at radius 2 is 1.10 bits per heavy atom. The molecule has 0 heterocycles. The Labute approximate surface area is 142 Å². The van der Waals surface area contributed by atoms with Crippen LogP contribution in [0, 0.1) is 0 Å². The predicted molar refractivity (Wildman–Crippen MR) is 87.0 cm³/mol. The molecule has 0 spiro atoms. The Kier molecular flexibility index (Phi) is 5.92. The fourth-order valence-electron chi connectivity index (χ4n) is 1.27. The Bertz CT molecular complexity index is 569. The second-order valence-corrected chi connectivity index (χ2v) is 6.85. The quantitative estimate of drug-likeness (QED) is 0.513. The number of benzene rings is 2. The highest BCUT2D eigenvalue weighted by molar-refractivity contribution is 7.76. The van der Waals surface area contributed by atoms with Crippen LogP contribution in [0.2, 0.25) is 20.1 Å². The van der Waals surface area contributed by atoms with Crippen molar-refractivity contribution in [2.45, 2.75) is 0 Å². The maximum atomic E-state index is 6.01. The molecular weight excluding hydrogens is 384 g/mol. The average molecular weight is 390 g/mol. The first-order valence-corrected chi connectivity index (χ1v) is 8.77. The highest BCUT2D eigenvalue weighted by atomic mass is 35.7. The molecule has 0 fully saturated rings. The van der Waals surface area contributed by atoms with E-state index in [9.17, 15) is 0 Å². The SMILES string of the molecule is Clc1ccc(OP(Cl)Oc2ccc(Cl)cc2Cl)c(Cl)c1. The van der Waals surface area contributed by atoms with Crippen molar-refractivity contribution in [1.82, 2.24) is 0 Å². The summed E-state index contributed by atoms with van der Waals surface area (Å²) in [4.78, 5) is 0. The van der Waals surface area contributed by atoms with Crippen LogP contribution in [0.1, 0.15) is 0 Å². The summed E-state index contributed by atoms with van der Waals surface area (Å²) in [6.45, 7) is 0. The molecule has 0 unspecified atom stereocenters. The van der Waals surface area contributed by atoms with Crippen LogP contribution in [0.5, 0.6) is 11.5 Å². The van der Waals surface area contributed by atoms with Crippen molar-refractivity contribution >= 4 is 65.4 Å². The van der Waals surface area contributed by atoms with Gasteiger partial charge >= 0.3 is 7.73 Å². The first-order chi connectivity index (χ1) is 9.45. The van der Waals surface area contributed by atoms with Gasteiger partial charge in [0.2, 0.25) is 0 Å². The van der Waals surface area contributed by atoms with Gasteiger partial charge in [-0.3, -0.25) is 0 Å². The van der Waals surface area contributed by atoms with Crippen molar-refractivity contribution < 1.29 is 9.05 Å². The lowest BCUT2D eigenvalue weighted by molar-refractivity contribution is 0.508. The molecule has 2 nitrogen and oxygen atoms in total. The van der Waals surface area contributed by atoms with Crippen LogP contribution in [-0.2, 0) is 0 Å². The third-order valence-electron chi connectivity index (χ3n) is 2.13. The van der Waals surface area contributed by atoms with Crippen LogP contribution in [0.25, 0.3) is 0 Å². The molecule has 0 bridgehead atoms. The van der Waals surface area contributed by atoms with Crippen molar-refractivity contribution in [3.05, 3.63) is 56.5 Å². The summed E-state index contributed by atoms with van der Waals surface area (Å²) in [5, 5.41) is 1.69. The largest absolute Gasteiger partial charge is 0.426 e. The van der Waals surface area contributed by atoms with Gasteiger partial charge in [0.1, 0.15) is 11.5 Å². The van der Waals surface area contributed by atoms with Crippen LogP contribution in [-0.4, -0.2) is 0 Å². The van der Waals surface area contributed by atoms with Gasteiger partial charge in [0.25, 0.3) is 0 Å². The summed E-state index contributed by atoms with van der Waals surface area (Å²) in [6, 6.07) is 9.59. The first kappa shape index (κ1) is 16.3. The summed E-state index contributed by atoms with van der Waals surface area (Å²) in [5.74, 6) is 0.754. The first-order valence-electron chi connectivity index (χ1n) is 5.17. The second-order valence-electron chi connectivity index (χ2n) is 3.54. The van der Waals surface area contributed by atoms with Gasteiger partial charge in [-0.1, -0.05) is 46.4 Å². The van der Waals surface area contributed by atoms with E-state index in [0.717, 1.165) is 0 Å².